The van der Waals surface area contributed by atoms with E-state index in [1.54, 1.807) is 6.33 Å². The number of carbonyl (C=O) groups excluding carboxylic acids is 1. The lowest BCUT2D eigenvalue weighted by molar-refractivity contribution is 0.232. The molecule has 6 nitrogen and oxygen atoms in total. The first-order valence-corrected chi connectivity index (χ1v) is 7.07. The fourth-order valence-corrected chi connectivity index (χ4v) is 2.60. The van der Waals surface area contributed by atoms with Crippen LogP contribution in [-0.4, -0.2) is 26.8 Å². The van der Waals surface area contributed by atoms with Gasteiger partial charge >= 0.3 is 6.03 Å². The van der Waals surface area contributed by atoms with Crippen molar-refractivity contribution in [3.8, 4) is 0 Å². The Balaban J connectivity index is 1.82. The number of urea groups is 1. The van der Waals surface area contributed by atoms with E-state index in [0.29, 0.717) is 6.04 Å². The van der Waals surface area contributed by atoms with Gasteiger partial charge in [0, 0.05) is 13.1 Å². The first kappa shape index (κ1) is 13.8. The Bertz CT molecular complexity index is 409. The van der Waals surface area contributed by atoms with E-state index in [1.165, 1.54) is 25.7 Å². The zero-order valence-electron chi connectivity index (χ0n) is 11.7. The lowest BCUT2D eigenvalue weighted by atomic mass is 10.1. The minimum Gasteiger partial charge on any atom is -0.335 e. The molecule has 2 N–H and O–H groups in total. The predicted molar refractivity (Wildman–Crippen MR) is 72.6 cm³/mol. The van der Waals surface area contributed by atoms with E-state index in [9.17, 15) is 4.79 Å². The van der Waals surface area contributed by atoms with Gasteiger partial charge in [0.25, 0.3) is 0 Å². The Morgan fingerprint density at radius 1 is 1.37 bits per heavy atom. The number of nitrogens with zero attached hydrogens (tertiary/aromatic N) is 3. The Morgan fingerprint density at radius 3 is 2.63 bits per heavy atom. The van der Waals surface area contributed by atoms with Crippen LogP contribution in [0.1, 0.15) is 57.3 Å². The lowest BCUT2D eigenvalue weighted by Crippen LogP contribution is -2.43. The molecule has 19 heavy (non-hydrogen) atoms. The maximum Gasteiger partial charge on any atom is 0.315 e. The van der Waals surface area contributed by atoms with Gasteiger partial charge in [-0.3, -0.25) is 0 Å². The standard InChI is InChI=1S/C13H23N5O/c1-10(12-17-14-9-18(12)2)15-13(19)16-11-7-5-3-4-6-8-11/h9-11H,3-8H2,1-2H3,(H2,15,16,19). The van der Waals surface area contributed by atoms with Gasteiger partial charge in [0.15, 0.2) is 5.82 Å². The minimum absolute atomic E-state index is 0.109. The molecule has 1 atom stereocenters. The van der Waals surface area contributed by atoms with Gasteiger partial charge in [0.2, 0.25) is 0 Å². The van der Waals surface area contributed by atoms with Gasteiger partial charge in [-0.1, -0.05) is 25.7 Å². The molecule has 0 radical (unpaired) electrons. The average Bonchev–Trinajstić information content (AvgIpc) is 2.63. The molecule has 1 unspecified atom stereocenters. The molecule has 2 amide bonds. The summed E-state index contributed by atoms with van der Waals surface area (Å²) in [5, 5.41) is 13.8. The van der Waals surface area contributed by atoms with Crippen molar-refractivity contribution in [1.82, 2.24) is 25.4 Å². The van der Waals surface area contributed by atoms with E-state index in [0.717, 1.165) is 18.7 Å². The van der Waals surface area contributed by atoms with Crippen molar-refractivity contribution in [3.63, 3.8) is 0 Å². The third-order valence-electron chi connectivity index (χ3n) is 3.67. The van der Waals surface area contributed by atoms with Gasteiger partial charge < -0.3 is 15.2 Å². The van der Waals surface area contributed by atoms with Crippen LogP contribution in [-0.2, 0) is 7.05 Å². The summed E-state index contributed by atoms with van der Waals surface area (Å²) >= 11 is 0. The Morgan fingerprint density at radius 2 is 2.05 bits per heavy atom. The van der Waals surface area contributed by atoms with Crippen molar-refractivity contribution in [2.24, 2.45) is 7.05 Å². The maximum absolute atomic E-state index is 12.0. The zero-order chi connectivity index (χ0) is 13.7. The Kier molecular flexibility index (Phi) is 4.76. The van der Waals surface area contributed by atoms with Crippen LogP contribution in [0.15, 0.2) is 6.33 Å². The summed E-state index contributed by atoms with van der Waals surface area (Å²) in [7, 11) is 1.87. The van der Waals surface area contributed by atoms with Gasteiger partial charge in [0.05, 0.1) is 6.04 Å². The molecule has 106 valence electrons. The molecule has 0 saturated heterocycles. The summed E-state index contributed by atoms with van der Waals surface area (Å²) in [6, 6.07) is 0.0647. The maximum atomic E-state index is 12.0. The summed E-state index contributed by atoms with van der Waals surface area (Å²) in [6.07, 6.45) is 8.81. The summed E-state index contributed by atoms with van der Waals surface area (Å²) in [4.78, 5) is 12.0. The zero-order valence-corrected chi connectivity index (χ0v) is 11.7. The number of nitrogens with one attached hydrogen (secondary N) is 2. The van der Waals surface area contributed by atoms with Crippen molar-refractivity contribution in [1.29, 1.82) is 0 Å². The van der Waals surface area contributed by atoms with Gasteiger partial charge in [-0.25, -0.2) is 4.79 Å². The van der Waals surface area contributed by atoms with Crippen LogP contribution in [0.3, 0.4) is 0 Å². The van der Waals surface area contributed by atoms with Crippen LogP contribution in [0.4, 0.5) is 4.79 Å². The molecule has 1 aliphatic rings. The van der Waals surface area contributed by atoms with Crippen LogP contribution in [0.2, 0.25) is 0 Å². The van der Waals surface area contributed by atoms with E-state index in [-0.39, 0.29) is 12.1 Å². The monoisotopic (exact) mass is 265 g/mol. The largest absolute Gasteiger partial charge is 0.335 e. The number of amides is 2. The normalized spacial score (nSPS) is 18.6. The van der Waals surface area contributed by atoms with Crippen LogP contribution >= 0.6 is 0 Å². The third-order valence-corrected chi connectivity index (χ3v) is 3.67. The van der Waals surface area contributed by atoms with Crippen LogP contribution in [0.25, 0.3) is 0 Å². The lowest BCUT2D eigenvalue weighted by Gasteiger charge is -2.19. The van der Waals surface area contributed by atoms with Gasteiger partial charge in [-0.05, 0) is 19.8 Å². The minimum atomic E-state index is -0.140. The number of aryl methyl sites for hydroxylation is 1. The SMILES string of the molecule is CC(NC(=O)NC1CCCCCC1)c1nncn1C. The molecule has 2 rings (SSSR count). The molecule has 0 aliphatic heterocycles. The quantitative estimate of drug-likeness (QED) is 0.820. The van der Waals surface area contributed by atoms with Gasteiger partial charge in [0.1, 0.15) is 6.33 Å². The van der Waals surface area contributed by atoms with E-state index >= 15 is 0 Å². The highest BCUT2D eigenvalue weighted by Crippen LogP contribution is 2.17. The molecule has 0 spiro atoms. The number of carbonyl (C=O) groups is 1. The highest BCUT2D eigenvalue weighted by atomic mass is 16.2. The first-order valence-electron chi connectivity index (χ1n) is 7.07. The van der Waals surface area contributed by atoms with Crippen LogP contribution in [0.5, 0.6) is 0 Å². The van der Waals surface area contributed by atoms with E-state index in [2.05, 4.69) is 20.8 Å². The molecule has 0 aromatic carbocycles. The molecule has 1 aliphatic carbocycles. The summed E-state index contributed by atoms with van der Waals surface area (Å²) in [5.41, 5.74) is 0. The van der Waals surface area contributed by atoms with Crippen molar-refractivity contribution < 1.29 is 4.79 Å². The van der Waals surface area contributed by atoms with Gasteiger partial charge in [-0.2, -0.15) is 0 Å². The highest BCUT2D eigenvalue weighted by molar-refractivity contribution is 5.74. The molecule has 0 bridgehead atoms. The molecule has 1 saturated carbocycles. The van der Waals surface area contributed by atoms with Crippen LogP contribution in [0, 0.1) is 0 Å². The predicted octanol–water partition coefficient (Wildman–Crippen LogP) is 1.90. The highest BCUT2D eigenvalue weighted by Gasteiger charge is 2.18. The molecular formula is C13H23N5O. The number of hydrogen-bond acceptors (Lipinski definition) is 3. The molecule has 1 aromatic rings. The summed E-state index contributed by atoms with van der Waals surface area (Å²) < 4.78 is 1.82. The third kappa shape index (κ3) is 3.94. The molecular weight excluding hydrogens is 242 g/mol. The summed E-state index contributed by atoms with van der Waals surface area (Å²) in [6.45, 7) is 1.91. The van der Waals surface area contributed by atoms with E-state index in [1.807, 2.05) is 18.5 Å². The van der Waals surface area contributed by atoms with Crippen molar-refractivity contribution in [3.05, 3.63) is 12.2 Å². The van der Waals surface area contributed by atoms with Crippen molar-refractivity contribution >= 4 is 6.03 Å². The fraction of sp³-hybridized carbons (Fsp3) is 0.769. The first-order chi connectivity index (χ1) is 9.16. The van der Waals surface area contributed by atoms with Gasteiger partial charge in [-0.15, -0.1) is 10.2 Å². The molecule has 6 heteroatoms. The topological polar surface area (TPSA) is 71.8 Å². The fourth-order valence-electron chi connectivity index (χ4n) is 2.60. The van der Waals surface area contributed by atoms with Crippen LogP contribution < -0.4 is 10.6 Å². The second-order valence-corrected chi connectivity index (χ2v) is 5.33. The second-order valence-electron chi connectivity index (χ2n) is 5.33. The smallest absolute Gasteiger partial charge is 0.315 e. The summed E-state index contributed by atoms with van der Waals surface area (Å²) in [5.74, 6) is 0.760. The average molecular weight is 265 g/mol. The number of hydrogen-bond donors (Lipinski definition) is 2. The van der Waals surface area contributed by atoms with E-state index in [4.69, 9.17) is 0 Å². The number of aromatic nitrogens is 3. The Labute approximate surface area is 114 Å². The van der Waals surface area contributed by atoms with Crippen molar-refractivity contribution in [2.75, 3.05) is 0 Å². The molecule has 1 aromatic heterocycles. The molecule has 1 heterocycles. The second kappa shape index (κ2) is 6.54. The molecule has 1 fully saturated rings. The Hall–Kier alpha value is -1.59. The van der Waals surface area contributed by atoms with E-state index < -0.39 is 0 Å². The van der Waals surface area contributed by atoms with Crippen molar-refractivity contribution in [2.45, 2.75) is 57.5 Å². The number of rotatable bonds is 3.